The van der Waals surface area contributed by atoms with Crippen LogP contribution in [0.15, 0.2) is 24.3 Å². The Morgan fingerprint density at radius 2 is 1.66 bits per heavy atom. The van der Waals surface area contributed by atoms with Gasteiger partial charge in [-0.05, 0) is 50.1 Å². The number of aliphatic carboxylic acids is 2. The minimum absolute atomic E-state index is 0. The number of hydrogen-bond acceptors (Lipinski definition) is 8. The molecule has 11 heteroatoms. The van der Waals surface area contributed by atoms with Crippen LogP contribution in [0.2, 0.25) is 0 Å². The molecule has 0 spiro atoms. The van der Waals surface area contributed by atoms with Crippen LogP contribution in [0.25, 0.3) is 0 Å². The van der Waals surface area contributed by atoms with E-state index < -0.39 is 18.0 Å². The number of nitrogens with two attached hydrogens (primary N) is 3. The van der Waals surface area contributed by atoms with Gasteiger partial charge < -0.3 is 38.9 Å². The fourth-order valence-corrected chi connectivity index (χ4v) is 1.56. The molecule has 0 aliphatic carbocycles. The summed E-state index contributed by atoms with van der Waals surface area (Å²) in [6, 6.07) is 6.05. The molecular weight excluding hydrogens is 382 g/mol. The van der Waals surface area contributed by atoms with Crippen LogP contribution < -0.4 is 28.7 Å². The summed E-state index contributed by atoms with van der Waals surface area (Å²) in [7, 11) is 0. The number of hydrogen-bond donors (Lipinski definition) is 7. The van der Waals surface area contributed by atoms with Gasteiger partial charge in [0, 0.05) is 17.7 Å². The molecule has 12 N–H and O–H groups in total. The number of carbonyl (C=O) groups is 4. The van der Waals surface area contributed by atoms with Crippen molar-refractivity contribution in [2.75, 3.05) is 18.4 Å². The lowest BCUT2D eigenvalue weighted by Crippen LogP contribution is -2.30. The van der Waals surface area contributed by atoms with Gasteiger partial charge in [0.25, 0.3) is 0 Å². The molecule has 1 amide bonds. The predicted octanol–water partition coefficient (Wildman–Crippen LogP) is 0.567. The highest BCUT2D eigenvalue weighted by atomic mass is 16.4. The van der Waals surface area contributed by atoms with Crippen LogP contribution in [-0.2, 0) is 14.4 Å². The van der Waals surface area contributed by atoms with Gasteiger partial charge in [-0.15, -0.1) is 0 Å². The molecule has 0 aliphatic rings. The quantitative estimate of drug-likeness (QED) is 0.277. The number of carboxylic acids is 2. The van der Waals surface area contributed by atoms with Crippen LogP contribution in [0.4, 0.5) is 5.69 Å². The van der Waals surface area contributed by atoms with Gasteiger partial charge in [-0.3, -0.25) is 19.2 Å². The molecule has 0 saturated carbocycles. The SMILES string of the molecule is CCCC(=O)Nc1ccc(C=O)cc1.N.NCC(=O)O.NCCC[C@H](N)C(=O)O. The molecule has 166 valence electrons. The normalized spacial score (nSPS) is 9.93. The summed E-state index contributed by atoms with van der Waals surface area (Å²) in [6.45, 7) is 2.18. The van der Waals surface area contributed by atoms with E-state index in [0.717, 1.165) is 18.4 Å². The molecule has 1 aromatic carbocycles. The molecule has 0 fully saturated rings. The van der Waals surface area contributed by atoms with E-state index in [1.54, 1.807) is 24.3 Å². The number of carboxylic acid groups (broad SMARTS) is 2. The number of amides is 1. The Bertz CT molecular complexity index is 595. The van der Waals surface area contributed by atoms with Crippen LogP contribution in [0, 0.1) is 0 Å². The minimum Gasteiger partial charge on any atom is -0.480 e. The topological polar surface area (TPSA) is 234 Å². The van der Waals surface area contributed by atoms with Crippen LogP contribution >= 0.6 is 0 Å². The Labute approximate surface area is 170 Å². The summed E-state index contributed by atoms with van der Waals surface area (Å²) >= 11 is 0. The zero-order chi connectivity index (χ0) is 21.9. The summed E-state index contributed by atoms with van der Waals surface area (Å²) in [4.78, 5) is 40.8. The van der Waals surface area contributed by atoms with E-state index in [0.29, 0.717) is 31.4 Å². The smallest absolute Gasteiger partial charge is 0.320 e. The standard InChI is InChI=1S/C11H13NO2.C5H12N2O2.C2H5NO2.H3N/c1-2-3-11(14)12-10-6-4-9(8-13)5-7-10;6-3-1-2-4(7)5(8)9;3-1-2(4)5;/h4-8H,2-3H2,1H3,(H,12,14);4H,1-3,6-7H2,(H,8,9);1,3H2,(H,4,5);1H3/t;4-;;/m.0../s1. The molecular formula is C18H33N5O6. The molecule has 29 heavy (non-hydrogen) atoms. The fourth-order valence-electron chi connectivity index (χ4n) is 1.56. The zero-order valence-corrected chi connectivity index (χ0v) is 16.7. The van der Waals surface area contributed by atoms with Crippen molar-refractivity contribution in [3.05, 3.63) is 29.8 Å². The summed E-state index contributed by atoms with van der Waals surface area (Å²) in [5, 5.41) is 18.6. The Morgan fingerprint density at radius 3 is 2.00 bits per heavy atom. The van der Waals surface area contributed by atoms with E-state index in [1.807, 2.05) is 6.92 Å². The van der Waals surface area contributed by atoms with E-state index in [1.165, 1.54) is 0 Å². The highest BCUT2D eigenvalue weighted by Crippen LogP contribution is 2.08. The molecule has 1 atom stereocenters. The van der Waals surface area contributed by atoms with Crippen molar-refractivity contribution >= 4 is 29.8 Å². The molecule has 11 nitrogen and oxygen atoms in total. The summed E-state index contributed by atoms with van der Waals surface area (Å²) < 4.78 is 0. The van der Waals surface area contributed by atoms with Crippen molar-refractivity contribution in [3.63, 3.8) is 0 Å². The van der Waals surface area contributed by atoms with Gasteiger partial charge in [0.2, 0.25) is 5.91 Å². The van der Waals surface area contributed by atoms with Crippen LogP contribution in [0.3, 0.4) is 0 Å². The van der Waals surface area contributed by atoms with Crippen molar-refractivity contribution in [2.45, 2.75) is 38.6 Å². The third-order valence-corrected chi connectivity index (χ3v) is 3.02. The maximum Gasteiger partial charge on any atom is 0.320 e. The first-order valence-corrected chi connectivity index (χ1v) is 8.67. The monoisotopic (exact) mass is 415 g/mol. The van der Waals surface area contributed by atoms with Crippen molar-refractivity contribution in [2.24, 2.45) is 17.2 Å². The molecule has 0 bridgehead atoms. The lowest BCUT2D eigenvalue weighted by atomic mass is 10.2. The van der Waals surface area contributed by atoms with E-state index in [-0.39, 0.29) is 18.6 Å². The summed E-state index contributed by atoms with van der Waals surface area (Å²) in [5.41, 5.74) is 16.2. The molecule has 0 aliphatic heterocycles. The molecule has 0 radical (unpaired) electrons. The van der Waals surface area contributed by atoms with Gasteiger partial charge in [0.1, 0.15) is 12.3 Å². The first kappa shape index (κ1) is 30.9. The van der Waals surface area contributed by atoms with Crippen molar-refractivity contribution in [3.8, 4) is 0 Å². The molecule has 0 aromatic heterocycles. The fraction of sp³-hybridized carbons (Fsp3) is 0.444. The number of aldehydes is 1. The second kappa shape index (κ2) is 19.9. The van der Waals surface area contributed by atoms with Crippen LogP contribution in [0.1, 0.15) is 43.0 Å². The second-order valence-corrected chi connectivity index (χ2v) is 5.51. The van der Waals surface area contributed by atoms with Gasteiger partial charge in [0.15, 0.2) is 0 Å². The third-order valence-electron chi connectivity index (χ3n) is 3.02. The maximum absolute atomic E-state index is 11.2. The number of nitrogens with one attached hydrogen (secondary N) is 1. The molecule has 0 unspecified atom stereocenters. The highest BCUT2D eigenvalue weighted by molar-refractivity contribution is 5.91. The lowest BCUT2D eigenvalue weighted by molar-refractivity contribution is -0.138. The van der Waals surface area contributed by atoms with Gasteiger partial charge in [-0.2, -0.15) is 0 Å². The van der Waals surface area contributed by atoms with E-state index in [2.05, 4.69) is 11.1 Å². The van der Waals surface area contributed by atoms with Crippen molar-refractivity contribution in [1.82, 2.24) is 6.15 Å². The number of carbonyl (C=O) groups excluding carboxylic acids is 2. The second-order valence-electron chi connectivity index (χ2n) is 5.51. The average Bonchev–Trinajstić information content (AvgIpc) is 2.67. The van der Waals surface area contributed by atoms with Crippen LogP contribution in [0.5, 0.6) is 0 Å². The molecule has 1 rings (SSSR count). The van der Waals surface area contributed by atoms with Gasteiger partial charge in [-0.25, -0.2) is 0 Å². The highest BCUT2D eigenvalue weighted by Gasteiger charge is 2.08. The van der Waals surface area contributed by atoms with E-state index >= 15 is 0 Å². The Kier molecular flexibility index (Phi) is 21.2. The molecule has 0 heterocycles. The average molecular weight is 415 g/mol. The van der Waals surface area contributed by atoms with Gasteiger partial charge in [-0.1, -0.05) is 6.92 Å². The zero-order valence-electron chi connectivity index (χ0n) is 16.7. The summed E-state index contributed by atoms with van der Waals surface area (Å²) in [5.74, 6) is -1.92. The first-order chi connectivity index (χ1) is 13.2. The largest absolute Gasteiger partial charge is 0.480 e. The molecule has 1 aromatic rings. The number of anilines is 1. The van der Waals surface area contributed by atoms with E-state index in [9.17, 15) is 19.2 Å². The number of benzene rings is 1. The van der Waals surface area contributed by atoms with Gasteiger partial charge >= 0.3 is 11.9 Å². The minimum atomic E-state index is -0.968. The van der Waals surface area contributed by atoms with Crippen molar-refractivity contribution < 1.29 is 29.4 Å². The van der Waals surface area contributed by atoms with E-state index in [4.69, 9.17) is 21.7 Å². The summed E-state index contributed by atoms with van der Waals surface area (Å²) in [6.07, 6.45) is 3.27. The van der Waals surface area contributed by atoms with Crippen LogP contribution in [-0.4, -0.2) is 53.5 Å². The lowest BCUT2D eigenvalue weighted by Gasteiger charge is -2.03. The Morgan fingerprint density at radius 1 is 1.14 bits per heavy atom. The van der Waals surface area contributed by atoms with Crippen molar-refractivity contribution in [1.29, 1.82) is 0 Å². The Balaban J connectivity index is -0.000000390. The maximum atomic E-state index is 11.2. The Hall–Kier alpha value is -2.86. The predicted molar refractivity (Wildman–Crippen MR) is 111 cm³/mol. The van der Waals surface area contributed by atoms with Gasteiger partial charge in [0.05, 0.1) is 6.54 Å². The number of rotatable bonds is 9. The first-order valence-electron chi connectivity index (χ1n) is 8.67. The molecule has 0 saturated heterocycles. The third kappa shape index (κ3) is 19.7.